The van der Waals surface area contributed by atoms with Gasteiger partial charge in [0.25, 0.3) is 0 Å². The molecule has 4 saturated carbocycles. The van der Waals surface area contributed by atoms with Crippen LogP contribution in [-0.2, 0) is 19.1 Å². The molecule has 0 N–H and O–H groups in total. The molecule has 2 heterocycles. The van der Waals surface area contributed by atoms with Gasteiger partial charge in [0.15, 0.2) is 0 Å². The topological polar surface area (TPSA) is 52.6 Å². The number of ketones is 1. The summed E-state index contributed by atoms with van der Waals surface area (Å²) in [5.41, 5.74) is -0.332. The first-order valence-corrected chi connectivity index (χ1v) is 8.91. The van der Waals surface area contributed by atoms with Gasteiger partial charge in [-0.25, -0.2) is 4.79 Å². The smallest absolute Gasteiger partial charge is 0.336 e. The van der Waals surface area contributed by atoms with Crippen LogP contribution in [0, 0.1) is 40.4 Å². The molecule has 23 heavy (non-hydrogen) atoms. The summed E-state index contributed by atoms with van der Waals surface area (Å²) in [5, 5.41) is 0. The largest absolute Gasteiger partial charge is 0.455 e. The number of carbonyl (C=O) groups excluding carboxylic acids is 2. The number of fused-ring (bicyclic) bond motifs is 6. The Morgan fingerprint density at radius 2 is 1.87 bits per heavy atom. The van der Waals surface area contributed by atoms with Gasteiger partial charge in [-0.3, -0.25) is 4.79 Å². The molecule has 2 saturated heterocycles. The normalized spacial score (nSPS) is 68.3. The number of esters is 1. The van der Waals surface area contributed by atoms with Crippen LogP contribution in [0.15, 0.2) is 11.6 Å². The quantitative estimate of drug-likeness (QED) is 0.508. The molecular weight excluding hydrogens is 292 g/mol. The van der Waals surface area contributed by atoms with Gasteiger partial charge in [0, 0.05) is 11.8 Å². The van der Waals surface area contributed by atoms with Gasteiger partial charge in [-0.2, -0.15) is 0 Å². The number of rotatable bonds is 0. The molecule has 4 bridgehead atoms. The first-order valence-electron chi connectivity index (χ1n) is 8.91. The van der Waals surface area contributed by atoms with E-state index in [1.165, 1.54) is 6.42 Å². The minimum absolute atomic E-state index is 0.0585. The van der Waals surface area contributed by atoms with Crippen molar-refractivity contribution in [2.24, 2.45) is 40.4 Å². The molecule has 4 aliphatic carbocycles. The van der Waals surface area contributed by atoms with Crippen molar-refractivity contribution in [2.45, 2.75) is 51.9 Å². The number of Topliss-reactive ketones (excluding diaryl/α,β-unsaturated/α-hetero) is 1. The Hall–Kier alpha value is -1.16. The molecule has 0 radical (unpaired) electrons. The summed E-state index contributed by atoms with van der Waals surface area (Å²) < 4.78 is 12.3. The van der Waals surface area contributed by atoms with E-state index >= 15 is 0 Å². The molecule has 6 fully saturated rings. The van der Waals surface area contributed by atoms with Gasteiger partial charge in [0.1, 0.15) is 18.0 Å². The lowest BCUT2D eigenvalue weighted by molar-refractivity contribution is -0.166. The maximum atomic E-state index is 13.3. The zero-order chi connectivity index (χ0) is 16.1. The van der Waals surface area contributed by atoms with Crippen LogP contribution in [0.1, 0.15) is 34.1 Å². The second-order valence-corrected chi connectivity index (χ2v) is 9.19. The average molecular weight is 314 g/mol. The van der Waals surface area contributed by atoms with E-state index in [2.05, 4.69) is 20.8 Å². The van der Waals surface area contributed by atoms with Crippen molar-refractivity contribution in [1.82, 2.24) is 0 Å². The van der Waals surface area contributed by atoms with Crippen molar-refractivity contribution in [2.75, 3.05) is 0 Å². The lowest BCUT2D eigenvalue weighted by Crippen LogP contribution is -2.58. The van der Waals surface area contributed by atoms with Crippen molar-refractivity contribution < 1.29 is 19.1 Å². The molecule has 0 spiro atoms. The highest BCUT2D eigenvalue weighted by molar-refractivity contribution is 5.97. The number of hydrogen-bond donors (Lipinski definition) is 0. The molecule has 0 aromatic heterocycles. The van der Waals surface area contributed by atoms with Gasteiger partial charge in [0.2, 0.25) is 0 Å². The van der Waals surface area contributed by atoms with Crippen LogP contribution in [0.3, 0.4) is 0 Å². The van der Waals surface area contributed by atoms with E-state index in [0.717, 1.165) is 0 Å². The Labute approximate surface area is 135 Å². The third-order valence-corrected chi connectivity index (χ3v) is 8.89. The first-order chi connectivity index (χ1) is 10.8. The first kappa shape index (κ1) is 13.2. The summed E-state index contributed by atoms with van der Waals surface area (Å²) >= 11 is 0. The fourth-order valence-electron chi connectivity index (χ4n) is 8.31. The van der Waals surface area contributed by atoms with Crippen molar-refractivity contribution in [1.29, 1.82) is 0 Å². The van der Waals surface area contributed by atoms with Gasteiger partial charge < -0.3 is 9.47 Å². The van der Waals surface area contributed by atoms with Crippen LogP contribution in [0.4, 0.5) is 0 Å². The Bertz CT molecular complexity index is 740. The molecular formula is C19H22O4. The third kappa shape index (κ3) is 0.937. The Morgan fingerprint density at radius 3 is 2.57 bits per heavy atom. The van der Waals surface area contributed by atoms with Gasteiger partial charge in [-0.1, -0.05) is 13.0 Å². The predicted molar refractivity (Wildman–Crippen MR) is 80.2 cm³/mol. The van der Waals surface area contributed by atoms with Crippen LogP contribution in [0.25, 0.3) is 0 Å². The van der Waals surface area contributed by atoms with Crippen molar-refractivity contribution in [3.8, 4) is 0 Å². The molecule has 122 valence electrons. The maximum Gasteiger partial charge on any atom is 0.336 e. The van der Waals surface area contributed by atoms with Crippen LogP contribution in [-0.4, -0.2) is 29.6 Å². The SMILES string of the molecule is C/C=C1\C(=O)O[C@H]2[C@@H]3C4(C)C5C(=O)C(C)(C4C4CC45)[C@]3(C)O[C@@H]12. The lowest BCUT2D eigenvalue weighted by Gasteiger charge is -2.47. The van der Waals surface area contributed by atoms with Crippen molar-refractivity contribution in [3.63, 3.8) is 0 Å². The van der Waals surface area contributed by atoms with E-state index in [0.29, 0.717) is 29.1 Å². The molecule has 0 amide bonds. The monoisotopic (exact) mass is 314 g/mol. The molecule has 0 aromatic carbocycles. The number of allylic oxidation sites excluding steroid dienone is 1. The van der Waals surface area contributed by atoms with E-state index in [4.69, 9.17) is 9.47 Å². The summed E-state index contributed by atoms with van der Waals surface area (Å²) in [6.07, 6.45) is 2.53. The maximum absolute atomic E-state index is 13.3. The third-order valence-electron chi connectivity index (χ3n) is 8.89. The number of carbonyl (C=O) groups is 2. The van der Waals surface area contributed by atoms with E-state index in [9.17, 15) is 9.59 Å². The molecule has 6 rings (SSSR count). The van der Waals surface area contributed by atoms with Crippen LogP contribution in [0.5, 0.6) is 0 Å². The minimum atomic E-state index is -0.502. The highest BCUT2D eigenvalue weighted by atomic mass is 16.6. The highest BCUT2D eigenvalue weighted by Gasteiger charge is 2.93. The molecule has 2 aliphatic heterocycles. The molecule has 4 nitrogen and oxygen atoms in total. The van der Waals surface area contributed by atoms with Gasteiger partial charge in [0.05, 0.1) is 16.6 Å². The summed E-state index contributed by atoms with van der Waals surface area (Å²) in [5.74, 6) is 2.19. The summed E-state index contributed by atoms with van der Waals surface area (Å²) in [4.78, 5) is 25.5. The molecule has 10 atom stereocenters. The summed E-state index contributed by atoms with van der Waals surface area (Å²) in [6.45, 7) is 8.42. The zero-order valence-corrected chi connectivity index (χ0v) is 14.0. The van der Waals surface area contributed by atoms with Crippen molar-refractivity contribution >= 4 is 11.8 Å². The molecule has 6 unspecified atom stereocenters. The van der Waals surface area contributed by atoms with E-state index in [1.807, 2.05) is 13.0 Å². The summed E-state index contributed by atoms with van der Waals surface area (Å²) in [7, 11) is 0. The second-order valence-electron chi connectivity index (χ2n) is 9.19. The van der Waals surface area contributed by atoms with Crippen LogP contribution in [0.2, 0.25) is 0 Å². The highest BCUT2D eigenvalue weighted by Crippen LogP contribution is 2.88. The van der Waals surface area contributed by atoms with E-state index < -0.39 is 11.0 Å². The molecule has 0 aromatic rings. The van der Waals surface area contributed by atoms with E-state index in [1.54, 1.807) is 0 Å². The van der Waals surface area contributed by atoms with Gasteiger partial charge in [-0.15, -0.1) is 0 Å². The van der Waals surface area contributed by atoms with Crippen LogP contribution >= 0.6 is 0 Å². The molecule has 4 heteroatoms. The summed E-state index contributed by atoms with van der Waals surface area (Å²) in [6, 6.07) is 0. The Balaban J connectivity index is 1.58. The average Bonchev–Trinajstić information content (AvgIpc) is 2.87. The second kappa shape index (κ2) is 3.17. The van der Waals surface area contributed by atoms with Gasteiger partial charge in [-0.05, 0) is 50.4 Å². The van der Waals surface area contributed by atoms with Crippen molar-refractivity contribution in [3.05, 3.63) is 11.6 Å². The number of ether oxygens (including phenoxy) is 2. The number of hydrogen-bond acceptors (Lipinski definition) is 4. The predicted octanol–water partition coefficient (Wildman–Crippen LogP) is 2.12. The Morgan fingerprint density at radius 1 is 1.13 bits per heavy atom. The van der Waals surface area contributed by atoms with Crippen LogP contribution < -0.4 is 0 Å². The molecule has 6 aliphatic rings. The Kier molecular flexibility index (Phi) is 1.82. The zero-order valence-electron chi connectivity index (χ0n) is 14.0. The fourth-order valence-corrected chi connectivity index (χ4v) is 8.31. The fraction of sp³-hybridized carbons (Fsp3) is 0.789. The minimum Gasteiger partial charge on any atom is -0.455 e. The van der Waals surface area contributed by atoms with E-state index in [-0.39, 0.29) is 35.4 Å². The van der Waals surface area contributed by atoms with Gasteiger partial charge >= 0.3 is 5.97 Å². The lowest BCUT2D eigenvalue weighted by atomic mass is 9.58. The standard InChI is InChI=1S/C19H22O4/c1-5-7-11-12(22-16(7)21)14-17(2)10-8-6-9(8)13(17)18(3,15(10)20)19(14,4)23-11/h5,8-14H,6H2,1-4H3/b7-5-/t8?,9?,10?,11-,12+,13?,14+,17?,18?,19+/m0/s1.